The molecular weight excluding hydrogens is 313 g/mol. The molecule has 2 unspecified atom stereocenters. The van der Waals surface area contributed by atoms with Gasteiger partial charge in [0.25, 0.3) is 0 Å². The van der Waals surface area contributed by atoms with Crippen LogP contribution >= 0.6 is 7.52 Å². The molecule has 2 aromatic carbocycles. The molecule has 0 bridgehead atoms. The number of rotatable bonds is 4. The second kappa shape index (κ2) is 6.67. The molecule has 2 aromatic rings. The molecule has 1 aliphatic rings. The van der Waals surface area contributed by atoms with Crippen molar-refractivity contribution in [1.29, 1.82) is 0 Å². The lowest BCUT2D eigenvalue weighted by molar-refractivity contribution is -0.138. The number of nitrogens with zero attached hydrogens (tertiary/aromatic N) is 1. The van der Waals surface area contributed by atoms with Crippen LogP contribution in [0, 0.1) is 0 Å². The first-order valence-electron chi connectivity index (χ1n) is 7.45. The van der Waals surface area contributed by atoms with Gasteiger partial charge in [-0.1, -0.05) is 48.5 Å². The van der Waals surface area contributed by atoms with Crippen molar-refractivity contribution >= 4 is 18.8 Å². The number of carboxylic acids is 1. The lowest BCUT2D eigenvalue weighted by Gasteiger charge is -2.40. The van der Waals surface area contributed by atoms with Gasteiger partial charge in [-0.2, -0.15) is 0 Å². The van der Waals surface area contributed by atoms with Gasteiger partial charge in [0, 0.05) is 6.04 Å². The Balaban J connectivity index is 2.05. The van der Waals surface area contributed by atoms with Crippen LogP contribution in [0.1, 0.15) is 18.0 Å². The quantitative estimate of drug-likeness (QED) is 0.872. The van der Waals surface area contributed by atoms with E-state index in [2.05, 4.69) is 0 Å². The summed E-state index contributed by atoms with van der Waals surface area (Å²) in [7, 11) is -3.40. The van der Waals surface area contributed by atoms with Crippen LogP contribution in [0.3, 0.4) is 0 Å². The molecule has 0 radical (unpaired) electrons. The van der Waals surface area contributed by atoms with Crippen molar-refractivity contribution in [2.45, 2.75) is 12.5 Å². The fourth-order valence-corrected chi connectivity index (χ4v) is 5.31. The predicted molar refractivity (Wildman–Crippen MR) is 87.8 cm³/mol. The maximum Gasteiger partial charge on any atom is 0.318 e. The molecule has 5 nitrogen and oxygen atoms in total. The molecule has 23 heavy (non-hydrogen) atoms. The molecule has 1 heterocycles. The van der Waals surface area contributed by atoms with Crippen molar-refractivity contribution < 1.29 is 19.0 Å². The molecule has 120 valence electrons. The molecule has 0 amide bonds. The van der Waals surface area contributed by atoms with Crippen LogP contribution in [0.4, 0.5) is 0 Å². The van der Waals surface area contributed by atoms with Gasteiger partial charge >= 0.3 is 13.5 Å². The summed E-state index contributed by atoms with van der Waals surface area (Å²) in [6.45, 7) is 0.00752. The molecule has 1 fully saturated rings. The summed E-state index contributed by atoms with van der Waals surface area (Å²) >= 11 is 0. The minimum absolute atomic E-state index is 0.243. The van der Waals surface area contributed by atoms with Gasteiger partial charge in [0.15, 0.2) is 0 Å². The van der Waals surface area contributed by atoms with Crippen LogP contribution in [0.5, 0.6) is 0 Å². The predicted octanol–water partition coefficient (Wildman–Crippen LogP) is 3.05. The number of benzene rings is 2. The summed E-state index contributed by atoms with van der Waals surface area (Å²) in [5, 5.41) is 9.82. The van der Waals surface area contributed by atoms with E-state index < -0.39 is 13.5 Å². The molecule has 0 spiro atoms. The van der Waals surface area contributed by atoms with Crippen molar-refractivity contribution in [2.24, 2.45) is 0 Å². The summed E-state index contributed by atoms with van der Waals surface area (Å²) in [5.41, 5.74) is 0.952. The second-order valence-electron chi connectivity index (χ2n) is 5.40. The fourth-order valence-electron chi connectivity index (χ4n) is 2.89. The van der Waals surface area contributed by atoms with Gasteiger partial charge in [-0.05, 0) is 24.1 Å². The Bertz CT molecular complexity index is 720. The van der Waals surface area contributed by atoms with Crippen LogP contribution in [0.2, 0.25) is 0 Å². The maximum atomic E-state index is 13.5. The summed E-state index contributed by atoms with van der Waals surface area (Å²) < 4.78 is 20.7. The molecule has 6 heteroatoms. The van der Waals surface area contributed by atoms with Crippen LogP contribution < -0.4 is 5.30 Å². The number of carboxylic acid groups (broad SMARTS) is 1. The molecule has 0 aromatic heterocycles. The molecular formula is C17H18NO4P. The third-order valence-corrected chi connectivity index (χ3v) is 6.50. The van der Waals surface area contributed by atoms with Crippen LogP contribution in [0.15, 0.2) is 60.7 Å². The van der Waals surface area contributed by atoms with Crippen molar-refractivity contribution in [1.82, 2.24) is 4.67 Å². The fraction of sp³-hybridized carbons (Fsp3) is 0.235. The van der Waals surface area contributed by atoms with Gasteiger partial charge in [-0.3, -0.25) is 9.36 Å². The van der Waals surface area contributed by atoms with E-state index in [1.165, 1.54) is 4.67 Å². The highest BCUT2D eigenvalue weighted by atomic mass is 31.2. The second-order valence-corrected chi connectivity index (χ2v) is 7.72. The van der Waals surface area contributed by atoms with E-state index in [-0.39, 0.29) is 12.6 Å². The molecule has 1 saturated heterocycles. The highest BCUT2D eigenvalue weighted by Crippen LogP contribution is 2.57. The molecule has 0 saturated carbocycles. The Morgan fingerprint density at radius 1 is 1.13 bits per heavy atom. The Labute approximate surface area is 135 Å². The first kappa shape index (κ1) is 15.9. The monoisotopic (exact) mass is 331 g/mol. The number of hydrogen-bond acceptors (Lipinski definition) is 3. The van der Waals surface area contributed by atoms with Gasteiger partial charge in [-0.15, -0.1) is 0 Å². The zero-order valence-electron chi connectivity index (χ0n) is 12.5. The van der Waals surface area contributed by atoms with E-state index in [1.54, 1.807) is 24.3 Å². The third kappa shape index (κ3) is 3.22. The Hall–Kier alpha value is -1.94. The largest absolute Gasteiger partial charge is 0.480 e. The minimum atomic E-state index is -3.40. The number of aliphatic carboxylic acids is 1. The van der Waals surface area contributed by atoms with Gasteiger partial charge < -0.3 is 9.63 Å². The van der Waals surface area contributed by atoms with E-state index in [0.29, 0.717) is 18.3 Å². The topological polar surface area (TPSA) is 66.8 Å². The van der Waals surface area contributed by atoms with Crippen LogP contribution in [-0.2, 0) is 13.9 Å². The Morgan fingerprint density at radius 2 is 1.74 bits per heavy atom. The highest BCUT2D eigenvalue weighted by molar-refractivity contribution is 7.64. The molecule has 1 aliphatic heterocycles. The number of carbonyl (C=O) groups is 1. The van der Waals surface area contributed by atoms with E-state index >= 15 is 0 Å². The van der Waals surface area contributed by atoms with Crippen molar-refractivity contribution in [2.75, 3.05) is 13.2 Å². The summed E-state index contributed by atoms with van der Waals surface area (Å²) in [6.07, 6.45) is 0.605. The Morgan fingerprint density at radius 3 is 2.35 bits per heavy atom. The van der Waals surface area contributed by atoms with E-state index in [1.807, 2.05) is 36.4 Å². The average Bonchev–Trinajstić information content (AvgIpc) is 2.58. The lowest BCUT2D eigenvalue weighted by Crippen LogP contribution is -2.39. The van der Waals surface area contributed by atoms with Gasteiger partial charge in [-0.25, -0.2) is 4.67 Å². The molecule has 1 N–H and O–H groups in total. The zero-order valence-corrected chi connectivity index (χ0v) is 13.4. The lowest BCUT2D eigenvalue weighted by atomic mass is 10.0. The average molecular weight is 331 g/mol. The van der Waals surface area contributed by atoms with E-state index in [4.69, 9.17) is 4.52 Å². The van der Waals surface area contributed by atoms with E-state index in [0.717, 1.165) is 5.56 Å². The highest BCUT2D eigenvalue weighted by Gasteiger charge is 2.43. The van der Waals surface area contributed by atoms with Crippen molar-refractivity contribution in [3.8, 4) is 0 Å². The standard InChI is InChI=1S/C17H18NO4P/c19-17(20)13-18-16(14-7-3-1-4-8-14)11-12-22-23(18,21)15-9-5-2-6-10-15/h1-10,16H,11-13H2,(H,19,20). The van der Waals surface area contributed by atoms with Crippen LogP contribution in [-0.4, -0.2) is 28.9 Å². The minimum Gasteiger partial charge on any atom is -0.480 e. The first-order chi connectivity index (χ1) is 11.1. The van der Waals surface area contributed by atoms with Crippen LogP contribution in [0.25, 0.3) is 0 Å². The molecule has 0 aliphatic carbocycles. The molecule has 3 rings (SSSR count). The summed E-state index contributed by atoms with van der Waals surface area (Å²) in [6, 6.07) is 18.2. The van der Waals surface area contributed by atoms with Gasteiger partial charge in [0.1, 0.15) is 6.54 Å². The number of hydrogen-bond donors (Lipinski definition) is 1. The zero-order chi connectivity index (χ0) is 16.3. The first-order valence-corrected chi connectivity index (χ1v) is 9.03. The van der Waals surface area contributed by atoms with Crippen molar-refractivity contribution in [3.63, 3.8) is 0 Å². The van der Waals surface area contributed by atoms with Gasteiger partial charge in [0.2, 0.25) is 0 Å². The normalized spacial score (nSPS) is 25.1. The maximum absolute atomic E-state index is 13.5. The molecule has 2 atom stereocenters. The Kier molecular flexibility index (Phi) is 4.62. The smallest absolute Gasteiger partial charge is 0.318 e. The summed E-state index contributed by atoms with van der Waals surface area (Å²) in [4.78, 5) is 11.3. The van der Waals surface area contributed by atoms with Gasteiger partial charge in [0.05, 0.1) is 11.9 Å². The van der Waals surface area contributed by atoms with Crippen molar-refractivity contribution in [3.05, 3.63) is 66.2 Å². The third-order valence-electron chi connectivity index (χ3n) is 3.92. The summed E-state index contributed by atoms with van der Waals surface area (Å²) in [5.74, 6) is -1.02. The SMILES string of the molecule is O=C(O)CN1C(c2ccccc2)CCOP1(=O)c1ccccc1. The van der Waals surface area contributed by atoms with E-state index in [9.17, 15) is 14.5 Å².